The molecule has 0 saturated heterocycles. The summed E-state index contributed by atoms with van der Waals surface area (Å²) in [5, 5.41) is 2.49. The first-order chi connectivity index (χ1) is 11.6. The Morgan fingerprint density at radius 2 is 1.72 bits per heavy atom. The number of benzene rings is 1. The van der Waals surface area contributed by atoms with Gasteiger partial charge in [-0.1, -0.05) is 12.1 Å². The Morgan fingerprint density at radius 1 is 1.12 bits per heavy atom. The molecule has 25 heavy (non-hydrogen) atoms. The van der Waals surface area contributed by atoms with E-state index < -0.39 is 37.5 Å². The summed E-state index contributed by atoms with van der Waals surface area (Å²) in [5.74, 6) is -0.601. The Labute approximate surface area is 143 Å². The number of amides is 1. The summed E-state index contributed by atoms with van der Waals surface area (Å²) in [6.45, 7) is 3.10. The third kappa shape index (κ3) is 8.83. The van der Waals surface area contributed by atoms with Gasteiger partial charge in [0.15, 0.2) is 13.2 Å². The highest BCUT2D eigenvalue weighted by atomic mass is 19.4. The number of alkyl halides is 3. The second-order valence-corrected chi connectivity index (χ2v) is 5.45. The summed E-state index contributed by atoms with van der Waals surface area (Å²) in [6, 6.07) is 5.29. The van der Waals surface area contributed by atoms with E-state index in [1.54, 1.807) is 20.8 Å². The Kier molecular flexibility index (Phi) is 7.53. The molecule has 9 heteroatoms. The summed E-state index contributed by atoms with van der Waals surface area (Å²) < 4.78 is 50.3. The van der Waals surface area contributed by atoms with Crippen molar-refractivity contribution in [2.75, 3.05) is 13.2 Å². The Balaban J connectivity index is 2.44. The van der Waals surface area contributed by atoms with Gasteiger partial charge in [-0.05, 0) is 38.5 Å². The quantitative estimate of drug-likeness (QED) is 0.752. The topological polar surface area (TPSA) is 73.9 Å². The number of carbonyl (C=O) groups is 2. The number of halogens is 3. The van der Waals surface area contributed by atoms with Gasteiger partial charge >= 0.3 is 18.2 Å². The van der Waals surface area contributed by atoms with Crippen LogP contribution in [0.5, 0.6) is 5.75 Å². The summed E-state index contributed by atoms with van der Waals surface area (Å²) in [4.78, 5) is 22.9. The first kappa shape index (κ1) is 20.6. The van der Waals surface area contributed by atoms with Crippen molar-refractivity contribution in [1.82, 2.24) is 5.32 Å². The minimum atomic E-state index is -4.41. The standard InChI is InChI=1S/C16H20F3NO5/c1-10(2)25-14(21)8-23-15(22)20-11(3)12-4-6-13(7-5-12)24-9-16(17,18)19/h4-7,10-11H,8-9H2,1-3H3,(H,20,22)/t11-/m0/s1. The molecule has 0 aliphatic heterocycles. The Morgan fingerprint density at radius 3 is 2.24 bits per heavy atom. The lowest BCUT2D eigenvalue weighted by Crippen LogP contribution is -2.30. The number of hydrogen-bond acceptors (Lipinski definition) is 5. The fourth-order valence-corrected chi connectivity index (χ4v) is 1.74. The number of alkyl carbamates (subject to hydrolysis) is 1. The van der Waals surface area contributed by atoms with Gasteiger partial charge in [-0.3, -0.25) is 0 Å². The second kappa shape index (κ2) is 9.14. The summed E-state index contributed by atoms with van der Waals surface area (Å²) in [6.07, 6.45) is -5.53. The Hall–Kier alpha value is -2.45. The van der Waals surface area contributed by atoms with Gasteiger partial charge in [0.05, 0.1) is 12.1 Å². The lowest BCUT2D eigenvalue weighted by atomic mass is 10.1. The van der Waals surface area contributed by atoms with Crippen molar-refractivity contribution in [1.29, 1.82) is 0 Å². The van der Waals surface area contributed by atoms with E-state index in [1.807, 2.05) is 0 Å². The van der Waals surface area contributed by atoms with Crippen molar-refractivity contribution in [3.05, 3.63) is 29.8 Å². The summed E-state index contributed by atoms with van der Waals surface area (Å²) in [7, 11) is 0. The van der Waals surface area contributed by atoms with Crippen molar-refractivity contribution in [2.45, 2.75) is 39.1 Å². The lowest BCUT2D eigenvalue weighted by molar-refractivity contribution is -0.153. The molecule has 0 aliphatic carbocycles. The minimum Gasteiger partial charge on any atom is -0.484 e. The predicted molar refractivity (Wildman–Crippen MR) is 82.1 cm³/mol. The van der Waals surface area contributed by atoms with E-state index in [0.717, 1.165) is 0 Å². The molecule has 1 aromatic carbocycles. The summed E-state index contributed by atoms with van der Waals surface area (Å²) in [5.41, 5.74) is 0.626. The maximum Gasteiger partial charge on any atom is 0.422 e. The van der Waals surface area contributed by atoms with Crippen LogP contribution in [-0.2, 0) is 14.3 Å². The van der Waals surface area contributed by atoms with Crippen LogP contribution in [0.4, 0.5) is 18.0 Å². The molecule has 0 unspecified atom stereocenters. The van der Waals surface area contributed by atoms with Crippen LogP contribution < -0.4 is 10.1 Å². The molecule has 140 valence electrons. The molecule has 1 N–H and O–H groups in total. The average Bonchev–Trinajstić information content (AvgIpc) is 2.50. The van der Waals surface area contributed by atoms with Crippen LogP contribution in [0.15, 0.2) is 24.3 Å². The van der Waals surface area contributed by atoms with Crippen molar-refractivity contribution in [2.24, 2.45) is 0 Å². The molecule has 1 rings (SSSR count). The van der Waals surface area contributed by atoms with Crippen LogP contribution >= 0.6 is 0 Å². The van der Waals surface area contributed by atoms with Gasteiger partial charge in [0.1, 0.15) is 5.75 Å². The molecule has 1 aromatic rings. The highest BCUT2D eigenvalue weighted by Crippen LogP contribution is 2.21. The third-order valence-electron chi connectivity index (χ3n) is 2.81. The van der Waals surface area contributed by atoms with Gasteiger partial charge in [-0.25, -0.2) is 9.59 Å². The van der Waals surface area contributed by atoms with Gasteiger partial charge in [0.25, 0.3) is 0 Å². The Bertz CT molecular complexity index is 572. The van der Waals surface area contributed by atoms with Gasteiger partial charge in [0.2, 0.25) is 0 Å². The van der Waals surface area contributed by atoms with Gasteiger partial charge in [-0.15, -0.1) is 0 Å². The molecule has 0 aliphatic rings. The predicted octanol–water partition coefficient (Wildman–Crippen LogP) is 3.37. The zero-order valence-electron chi connectivity index (χ0n) is 14.1. The maximum absolute atomic E-state index is 12.1. The SMILES string of the molecule is CC(C)OC(=O)COC(=O)N[C@@H](C)c1ccc(OCC(F)(F)F)cc1. The molecule has 0 fully saturated rings. The molecular formula is C16H20F3NO5. The molecular weight excluding hydrogens is 343 g/mol. The minimum absolute atomic E-state index is 0.0623. The molecule has 1 amide bonds. The fraction of sp³-hybridized carbons (Fsp3) is 0.500. The number of nitrogens with one attached hydrogen (secondary N) is 1. The van der Waals surface area contributed by atoms with Gasteiger partial charge in [0, 0.05) is 0 Å². The van der Waals surface area contributed by atoms with Crippen LogP contribution in [0.1, 0.15) is 32.4 Å². The van der Waals surface area contributed by atoms with E-state index in [4.69, 9.17) is 9.47 Å². The third-order valence-corrected chi connectivity index (χ3v) is 2.81. The molecule has 0 saturated carbocycles. The van der Waals surface area contributed by atoms with Crippen molar-refractivity contribution in [3.8, 4) is 5.75 Å². The second-order valence-electron chi connectivity index (χ2n) is 5.45. The fourth-order valence-electron chi connectivity index (χ4n) is 1.74. The molecule has 0 spiro atoms. The molecule has 0 heterocycles. The van der Waals surface area contributed by atoms with Crippen molar-refractivity contribution < 1.29 is 37.0 Å². The van der Waals surface area contributed by atoms with E-state index >= 15 is 0 Å². The number of esters is 1. The molecule has 0 aromatic heterocycles. The van der Waals surface area contributed by atoms with Gasteiger partial charge < -0.3 is 19.5 Å². The highest BCUT2D eigenvalue weighted by molar-refractivity contribution is 5.75. The van der Waals surface area contributed by atoms with E-state index in [9.17, 15) is 22.8 Å². The van der Waals surface area contributed by atoms with E-state index in [1.165, 1.54) is 24.3 Å². The van der Waals surface area contributed by atoms with Crippen LogP contribution in [0, 0.1) is 0 Å². The van der Waals surface area contributed by atoms with Crippen LogP contribution in [-0.4, -0.2) is 37.6 Å². The zero-order chi connectivity index (χ0) is 19.0. The first-order valence-corrected chi connectivity index (χ1v) is 7.49. The van der Waals surface area contributed by atoms with Crippen LogP contribution in [0.3, 0.4) is 0 Å². The first-order valence-electron chi connectivity index (χ1n) is 7.49. The number of hydrogen-bond donors (Lipinski definition) is 1. The van der Waals surface area contributed by atoms with E-state index in [0.29, 0.717) is 5.56 Å². The number of ether oxygens (including phenoxy) is 3. The molecule has 6 nitrogen and oxygen atoms in total. The van der Waals surface area contributed by atoms with Crippen molar-refractivity contribution in [3.63, 3.8) is 0 Å². The smallest absolute Gasteiger partial charge is 0.422 e. The zero-order valence-corrected chi connectivity index (χ0v) is 14.1. The molecule has 0 radical (unpaired) electrons. The average molecular weight is 363 g/mol. The molecule has 1 atom stereocenters. The highest BCUT2D eigenvalue weighted by Gasteiger charge is 2.28. The summed E-state index contributed by atoms with van der Waals surface area (Å²) >= 11 is 0. The monoisotopic (exact) mass is 363 g/mol. The largest absolute Gasteiger partial charge is 0.484 e. The lowest BCUT2D eigenvalue weighted by Gasteiger charge is -2.15. The number of rotatable bonds is 7. The normalized spacial score (nSPS) is 12.4. The number of carbonyl (C=O) groups excluding carboxylic acids is 2. The maximum atomic E-state index is 12.1. The molecule has 0 bridgehead atoms. The van der Waals surface area contributed by atoms with Gasteiger partial charge in [-0.2, -0.15) is 13.2 Å². The van der Waals surface area contributed by atoms with Crippen molar-refractivity contribution >= 4 is 12.1 Å². The van der Waals surface area contributed by atoms with E-state index in [2.05, 4.69) is 10.1 Å². The van der Waals surface area contributed by atoms with Crippen LogP contribution in [0.25, 0.3) is 0 Å². The van der Waals surface area contributed by atoms with Crippen LogP contribution in [0.2, 0.25) is 0 Å². The van der Waals surface area contributed by atoms with E-state index in [-0.39, 0.29) is 11.9 Å².